The predicted molar refractivity (Wildman–Crippen MR) is 73.5 cm³/mol. The molecule has 2 N–H and O–H groups in total. The van der Waals surface area contributed by atoms with Gasteiger partial charge in [-0.2, -0.15) is 0 Å². The maximum absolute atomic E-state index is 6.04. The smallest absolute Gasteiger partial charge is 0.115 e. The van der Waals surface area contributed by atoms with Crippen LogP contribution >= 0.6 is 0 Å². The molecule has 0 radical (unpaired) electrons. The number of nitrogens with zero attached hydrogens (tertiary/aromatic N) is 3. The fraction of sp³-hybridized carbons (Fsp3) is 0.500. The molecule has 2 aromatic heterocycles. The van der Waals surface area contributed by atoms with Crippen molar-refractivity contribution in [1.29, 1.82) is 0 Å². The Morgan fingerprint density at radius 2 is 2.11 bits per heavy atom. The maximum Gasteiger partial charge on any atom is 0.115 e. The number of nitrogen functional groups attached to an aromatic ring is 1. The van der Waals surface area contributed by atoms with E-state index in [9.17, 15) is 0 Å². The van der Waals surface area contributed by atoms with Crippen molar-refractivity contribution >= 4 is 11.3 Å². The third-order valence-electron chi connectivity index (χ3n) is 3.96. The van der Waals surface area contributed by atoms with E-state index in [1.54, 1.807) is 0 Å². The third kappa shape index (κ3) is 2.08. The van der Waals surface area contributed by atoms with Crippen LogP contribution in [-0.2, 0) is 6.42 Å². The highest BCUT2D eigenvalue weighted by Gasteiger charge is 2.19. The predicted octanol–water partition coefficient (Wildman–Crippen LogP) is 1.80. The Labute approximate surface area is 107 Å². The minimum Gasteiger partial charge on any atom is -0.385 e. The van der Waals surface area contributed by atoms with Crippen LogP contribution in [-0.4, -0.2) is 34.4 Å². The standard InChI is InChI=1S/C14H20N4/c1-17-7-5-11(6-8-17)9-14-16-10-12-3-2-4-13(15)18(12)14/h2-4,10-11H,5-9,15H2,1H3. The van der Waals surface area contributed by atoms with Crippen LogP contribution in [0.2, 0.25) is 0 Å². The normalized spacial score (nSPS) is 18.5. The molecular weight excluding hydrogens is 224 g/mol. The Kier molecular flexibility index (Phi) is 2.96. The zero-order chi connectivity index (χ0) is 12.5. The number of pyridine rings is 1. The fourth-order valence-electron chi connectivity index (χ4n) is 2.81. The van der Waals surface area contributed by atoms with Crippen molar-refractivity contribution in [2.45, 2.75) is 19.3 Å². The summed E-state index contributed by atoms with van der Waals surface area (Å²) in [7, 11) is 2.19. The van der Waals surface area contributed by atoms with E-state index in [0.717, 1.165) is 29.5 Å². The van der Waals surface area contributed by atoms with E-state index in [0.29, 0.717) is 0 Å². The molecule has 1 saturated heterocycles. The number of fused-ring (bicyclic) bond motifs is 1. The first kappa shape index (κ1) is 11.5. The highest BCUT2D eigenvalue weighted by Crippen LogP contribution is 2.22. The van der Waals surface area contributed by atoms with Gasteiger partial charge < -0.3 is 10.6 Å². The van der Waals surface area contributed by atoms with Crippen LogP contribution in [0.5, 0.6) is 0 Å². The zero-order valence-electron chi connectivity index (χ0n) is 10.8. The highest BCUT2D eigenvalue weighted by atomic mass is 15.1. The molecule has 0 saturated carbocycles. The Hall–Kier alpha value is -1.55. The molecule has 0 atom stereocenters. The summed E-state index contributed by atoms with van der Waals surface area (Å²) in [6, 6.07) is 5.97. The summed E-state index contributed by atoms with van der Waals surface area (Å²) in [5.74, 6) is 2.64. The largest absolute Gasteiger partial charge is 0.385 e. The molecule has 0 bridgehead atoms. The Bertz CT molecular complexity index is 538. The van der Waals surface area contributed by atoms with E-state index in [1.807, 2.05) is 18.3 Å². The van der Waals surface area contributed by atoms with Gasteiger partial charge in [0.1, 0.15) is 11.6 Å². The first-order chi connectivity index (χ1) is 8.74. The monoisotopic (exact) mass is 244 g/mol. The quantitative estimate of drug-likeness (QED) is 0.876. The lowest BCUT2D eigenvalue weighted by Crippen LogP contribution is -2.31. The number of piperidine rings is 1. The molecule has 0 aromatic carbocycles. The molecular formula is C14H20N4. The van der Waals surface area contributed by atoms with Crippen LogP contribution < -0.4 is 5.73 Å². The second-order valence-electron chi connectivity index (χ2n) is 5.34. The van der Waals surface area contributed by atoms with Crippen molar-refractivity contribution in [2.24, 2.45) is 5.92 Å². The number of anilines is 1. The van der Waals surface area contributed by atoms with Crippen LogP contribution in [0.3, 0.4) is 0 Å². The summed E-state index contributed by atoms with van der Waals surface area (Å²) in [6.45, 7) is 2.40. The van der Waals surface area contributed by atoms with Gasteiger partial charge in [0.2, 0.25) is 0 Å². The Balaban J connectivity index is 1.82. The summed E-state index contributed by atoms with van der Waals surface area (Å²) in [6.07, 6.45) is 5.48. The number of imidazole rings is 1. The summed E-state index contributed by atoms with van der Waals surface area (Å²) in [5.41, 5.74) is 7.14. The number of aromatic nitrogens is 2. The lowest BCUT2D eigenvalue weighted by Gasteiger charge is -2.28. The van der Waals surface area contributed by atoms with Crippen LogP contribution in [0.1, 0.15) is 18.7 Å². The molecule has 3 rings (SSSR count). The molecule has 3 heterocycles. The first-order valence-electron chi connectivity index (χ1n) is 6.63. The Morgan fingerprint density at radius 1 is 1.33 bits per heavy atom. The van der Waals surface area contributed by atoms with E-state index in [4.69, 9.17) is 5.73 Å². The summed E-state index contributed by atoms with van der Waals surface area (Å²) >= 11 is 0. The highest BCUT2D eigenvalue weighted by molar-refractivity contribution is 5.53. The number of rotatable bonds is 2. The van der Waals surface area contributed by atoms with Crippen molar-refractivity contribution < 1.29 is 0 Å². The topological polar surface area (TPSA) is 46.6 Å². The molecule has 1 aliphatic heterocycles. The lowest BCUT2D eigenvalue weighted by molar-refractivity contribution is 0.217. The van der Waals surface area contributed by atoms with Crippen LogP contribution in [0, 0.1) is 5.92 Å². The first-order valence-corrected chi connectivity index (χ1v) is 6.63. The van der Waals surface area contributed by atoms with E-state index >= 15 is 0 Å². The maximum atomic E-state index is 6.04. The molecule has 4 nitrogen and oxygen atoms in total. The second-order valence-corrected chi connectivity index (χ2v) is 5.34. The minimum absolute atomic E-state index is 0.742. The summed E-state index contributed by atoms with van der Waals surface area (Å²) < 4.78 is 2.08. The molecule has 96 valence electrons. The van der Waals surface area contributed by atoms with E-state index in [-0.39, 0.29) is 0 Å². The fourth-order valence-corrected chi connectivity index (χ4v) is 2.81. The van der Waals surface area contributed by atoms with Gasteiger partial charge in [0.15, 0.2) is 0 Å². The van der Waals surface area contributed by atoms with Gasteiger partial charge in [-0.05, 0) is 51.0 Å². The van der Waals surface area contributed by atoms with Gasteiger partial charge in [-0.3, -0.25) is 4.40 Å². The number of hydrogen-bond acceptors (Lipinski definition) is 3. The molecule has 0 spiro atoms. The summed E-state index contributed by atoms with van der Waals surface area (Å²) in [5, 5.41) is 0. The average molecular weight is 244 g/mol. The van der Waals surface area contributed by atoms with Gasteiger partial charge in [0.25, 0.3) is 0 Å². The SMILES string of the molecule is CN1CCC(Cc2ncc3cccc(N)n23)CC1. The number of nitrogens with two attached hydrogens (primary N) is 1. The van der Waals surface area contributed by atoms with Gasteiger partial charge in [-0.25, -0.2) is 4.98 Å². The van der Waals surface area contributed by atoms with Crippen molar-refractivity contribution in [2.75, 3.05) is 25.9 Å². The van der Waals surface area contributed by atoms with Crippen molar-refractivity contribution in [3.8, 4) is 0 Å². The number of hydrogen-bond donors (Lipinski definition) is 1. The van der Waals surface area contributed by atoms with Crippen molar-refractivity contribution in [3.05, 3.63) is 30.2 Å². The van der Waals surface area contributed by atoms with Gasteiger partial charge in [-0.1, -0.05) is 6.07 Å². The van der Waals surface area contributed by atoms with E-state index < -0.39 is 0 Å². The van der Waals surface area contributed by atoms with Crippen LogP contribution in [0.15, 0.2) is 24.4 Å². The molecule has 4 heteroatoms. The van der Waals surface area contributed by atoms with E-state index in [1.165, 1.54) is 25.9 Å². The lowest BCUT2D eigenvalue weighted by atomic mass is 9.93. The molecule has 0 amide bonds. The van der Waals surface area contributed by atoms with Gasteiger partial charge in [-0.15, -0.1) is 0 Å². The molecule has 0 aliphatic carbocycles. The van der Waals surface area contributed by atoms with Gasteiger partial charge in [0.05, 0.1) is 11.7 Å². The summed E-state index contributed by atoms with van der Waals surface area (Å²) in [4.78, 5) is 6.94. The number of likely N-dealkylation sites (tertiary alicyclic amines) is 1. The molecule has 18 heavy (non-hydrogen) atoms. The molecule has 1 aliphatic rings. The molecule has 0 unspecified atom stereocenters. The van der Waals surface area contributed by atoms with Gasteiger partial charge >= 0.3 is 0 Å². The van der Waals surface area contributed by atoms with E-state index in [2.05, 4.69) is 27.4 Å². The zero-order valence-corrected chi connectivity index (χ0v) is 10.8. The van der Waals surface area contributed by atoms with Crippen LogP contribution in [0.4, 0.5) is 5.82 Å². The molecule has 1 fully saturated rings. The third-order valence-corrected chi connectivity index (χ3v) is 3.96. The average Bonchev–Trinajstić information content (AvgIpc) is 2.77. The second kappa shape index (κ2) is 4.61. The van der Waals surface area contributed by atoms with Crippen molar-refractivity contribution in [1.82, 2.24) is 14.3 Å². The molecule has 2 aromatic rings. The van der Waals surface area contributed by atoms with Gasteiger partial charge in [0, 0.05) is 6.42 Å². The van der Waals surface area contributed by atoms with Crippen molar-refractivity contribution in [3.63, 3.8) is 0 Å². The Morgan fingerprint density at radius 3 is 2.89 bits per heavy atom. The van der Waals surface area contributed by atoms with Crippen LogP contribution in [0.25, 0.3) is 5.52 Å². The minimum atomic E-state index is 0.742.